The summed E-state index contributed by atoms with van der Waals surface area (Å²) in [5.74, 6) is 1.54. The van der Waals surface area contributed by atoms with Crippen molar-refractivity contribution in [3.8, 4) is 11.4 Å². The number of amides is 1. The molecule has 11 heteroatoms. The Labute approximate surface area is 230 Å². The third-order valence-corrected chi connectivity index (χ3v) is 9.00. The number of hydrogen-bond donors (Lipinski definition) is 1. The van der Waals surface area contributed by atoms with Crippen molar-refractivity contribution in [1.29, 1.82) is 0 Å². The molecule has 5 rings (SSSR count). The number of rotatable bonds is 8. The summed E-state index contributed by atoms with van der Waals surface area (Å²) < 4.78 is 3.85. The first-order valence-electron chi connectivity index (χ1n) is 10.8. The minimum Gasteiger partial charge on any atom is -0.325 e. The predicted molar refractivity (Wildman–Crippen MR) is 151 cm³/mol. The smallest absolute Gasteiger partial charge is 0.234 e. The van der Waals surface area contributed by atoms with Crippen LogP contribution in [0.25, 0.3) is 21.6 Å². The van der Waals surface area contributed by atoms with E-state index in [0.717, 1.165) is 31.6 Å². The summed E-state index contributed by atoms with van der Waals surface area (Å²) >= 11 is 16.9. The van der Waals surface area contributed by atoms with E-state index in [1.165, 1.54) is 17.3 Å². The number of anilines is 1. The van der Waals surface area contributed by atoms with Crippen LogP contribution in [0.1, 0.15) is 5.56 Å². The Balaban J connectivity index is 1.20. The lowest BCUT2D eigenvalue weighted by atomic mass is 10.2. The average molecular weight is 573 g/mol. The van der Waals surface area contributed by atoms with Crippen LogP contribution in [0.4, 0.5) is 5.69 Å². The number of thioether (sulfide) groups is 2. The Morgan fingerprint density at radius 2 is 1.86 bits per heavy atom. The third kappa shape index (κ3) is 5.87. The summed E-state index contributed by atoms with van der Waals surface area (Å²) in [5.41, 5.74) is 3.66. The third-order valence-electron chi connectivity index (χ3n) is 5.20. The molecule has 2 aromatic heterocycles. The monoisotopic (exact) mass is 571 g/mol. The van der Waals surface area contributed by atoms with Gasteiger partial charge in [0.2, 0.25) is 5.91 Å². The van der Waals surface area contributed by atoms with Gasteiger partial charge in [0.25, 0.3) is 0 Å². The van der Waals surface area contributed by atoms with Crippen molar-refractivity contribution >= 4 is 79.9 Å². The van der Waals surface area contributed by atoms with E-state index in [2.05, 4.69) is 27.6 Å². The highest BCUT2D eigenvalue weighted by molar-refractivity contribution is 8.00. The summed E-state index contributed by atoms with van der Waals surface area (Å²) in [6.45, 7) is 0. The van der Waals surface area contributed by atoms with E-state index >= 15 is 0 Å². The minimum atomic E-state index is -0.128. The first-order chi connectivity index (χ1) is 17.5. The first-order valence-corrected chi connectivity index (χ1v) is 14.4. The molecule has 1 amide bonds. The van der Waals surface area contributed by atoms with Gasteiger partial charge < -0.3 is 9.88 Å². The second kappa shape index (κ2) is 11.2. The van der Waals surface area contributed by atoms with Crippen LogP contribution in [0.15, 0.2) is 76.2 Å². The van der Waals surface area contributed by atoms with E-state index in [1.807, 2.05) is 48.0 Å². The molecule has 0 saturated heterocycles. The van der Waals surface area contributed by atoms with Crippen LogP contribution in [-0.4, -0.2) is 31.4 Å². The van der Waals surface area contributed by atoms with Gasteiger partial charge in [-0.05, 0) is 42.0 Å². The molecule has 0 saturated carbocycles. The van der Waals surface area contributed by atoms with Crippen molar-refractivity contribution < 1.29 is 4.79 Å². The van der Waals surface area contributed by atoms with E-state index in [0.29, 0.717) is 21.0 Å². The molecule has 6 nitrogen and oxygen atoms in total. The number of nitrogens with one attached hydrogen (secondary N) is 1. The van der Waals surface area contributed by atoms with Gasteiger partial charge in [0.1, 0.15) is 0 Å². The van der Waals surface area contributed by atoms with Gasteiger partial charge in [-0.1, -0.05) is 77.1 Å². The largest absolute Gasteiger partial charge is 0.325 e. The maximum atomic E-state index is 12.6. The minimum absolute atomic E-state index is 0.128. The Hall–Kier alpha value is -2.56. The van der Waals surface area contributed by atoms with E-state index in [9.17, 15) is 4.79 Å². The highest BCUT2D eigenvalue weighted by atomic mass is 35.5. The molecule has 1 N–H and O–H groups in total. The fourth-order valence-electron chi connectivity index (χ4n) is 3.44. The van der Waals surface area contributed by atoms with Gasteiger partial charge in [-0.3, -0.25) is 4.79 Å². The Morgan fingerprint density at radius 3 is 2.67 bits per heavy atom. The quantitative estimate of drug-likeness (QED) is 0.195. The molecular formula is C25H19Cl2N5OS3. The number of thiazole rings is 1. The van der Waals surface area contributed by atoms with E-state index in [1.54, 1.807) is 41.3 Å². The maximum Gasteiger partial charge on any atom is 0.234 e. The molecule has 0 aliphatic carbocycles. The standard InChI is InChI=1S/C25H19Cl2N5OS3/c1-32-23(18-9-7-16(26)11-19(18)27)30-31-24(32)34-14-22(33)28-17-8-10-20-21(12-17)36-25(29-20)35-13-15-5-3-2-4-6-15/h2-12H,13-14H2,1H3,(H,28,33). The number of carbonyl (C=O) groups excluding carboxylic acids is 1. The molecule has 0 aliphatic rings. The number of benzene rings is 3. The molecule has 0 spiro atoms. The topological polar surface area (TPSA) is 72.7 Å². The second-order valence-corrected chi connectivity index (χ2v) is 11.8. The van der Waals surface area contributed by atoms with Crippen molar-refractivity contribution in [1.82, 2.24) is 19.7 Å². The van der Waals surface area contributed by atoms with E-state index in [4.69, 9.17) is 28.2 Å². The van der Waals surface area contributed by atoms with Crippen molar-refractivity contribution in [2.24, 2.45) is 7.05 Å². The molecule has 182 valence electrons. The van der Waals surface area contributed by atoms with Crippen molar-refractivity contribution in [3.63, 3.8) is 0 Å². The van der Waals surface area contributed by atoms with Gasteiger partial charge in [-0.25, -0.2) is 4.98 Å². The zero-order valence-electron chi connectivity index (χ0n) is 18.9. The van der Waals surface area contributed by atoms with Crippen LogP contribution >= 0.6 is 58.1 Å². The summed E-state index contributed by atoms with van der Waals surface area (Å²) in [7, 11) is 1.84. The predicted octanol–water partition coefficient (Wildman–Crippen LogP) is 7.42. The van der Waals surface area contributed by atoms with Gasteiger partial charge in [-0.2, -0.15) is 0 Å². The number of hydrogen-bond acceptors (Lipinski definition) is 7. The fraction of sp³-hybridized carbons (Fsp3) is 0.120. The summed E-state index contributed by atoms with van der Waals surface area (Å²) in [5, 5.41) is 13.1. The molecule has 0 aliphatic heterocycles. The molecule has 36 heavy (non-hydrogen) atoms. The van der Waals surface area contributed by atoms with Gasteiger partial charge in [0.05, 0.1) is 21.0 Å². The fourth-order valence-corrected chi connectivity index (χ4v) is 6.70. The first kappa shape index (κ1) is 25.1. The number of carbonyl (C=O) groups is 1. The number of nitrogens with zero attached hydrogens (tertiary/aromatic N) is 4. The lowest BCUT2D eigenvalue weighted by Crippen LogP contribution is -2.14. The van der Waals surface area contributed by atoms with E-state index < -0.39 is 0 Å². The highest BCUT2D eigenvalue weighted by Crippen LogP contribution is 2.33. The summed E-state index contributed by atoms with van der Waals surface area (Å²) in [6, 6.07) is 21.3. The van der Waals surface area contributed by atoms with Crippen molar-refractivity contribution in [2.45, 2.75) is 15.2 Å². The molecule has 0 atom stereocenters. The van der Waals surface area contributed by atoms with Gasteiger partial charge in [0.15, 0.2) is 15.3 Å². The number of halogens is 2. The maximum absolute atomic E-state index is 12.6. The number of fused-ring (bicyclic) bond motifs is 1. The van der Waals surface area contributed by atoms with Crippen molar-refractivity contribution in [2.75, 3.05) is 11.1 Å². The van der Waals surface area contributed by atoms with Gasteiger partial charge >= 0.3 is 0 Å². The van der Waals surface area contributed by atoms with Crippen LogP contribution in [0.2, 0.25) is 10.0 Å². The Bertz CT molecular complexity index is 1540. The molecule has 0 unspecified atom stereocenters. The zero-order chi connectivity index (χ0) is 25.1. The van der Waals surface area contributed by atoms with Crippen LogP contribution in [0.3, 0.4) is 0 Å². The van der Waals surface area contributed by atoms with Crippen LogP contribution < -0.4 is 5.32 Å². The zero-order valence-corrected chi connectivity index (χ0v) is 22.9. The van der Waals surface area contributed by atoms with Crippen LogP contribution in [0, 0.1) is 0 Å². The Morgan fingerprint density at radius 1 is 1.03 bits per heavy atom. The van der Waals surface area contributed by atoms with Crippen LogP contribution in [0.5, 0.6) is 0 Å². The molecular weight excluding hydrogens is 553 g/mol. The average Bonchev–Trinajstić information content (AvgIpc) is 3.44. The van der Waals surface area contributed by atoms with Gasteiger partial charge in [0, 0.05) is 29.1 Å². The number of aromatic nitrogens is 4. The van der Waals surface area contributed by atoms with Gasteiger partial charge in [-0.15, -0.1) is 21.5 Å². The lowest BCUT2D eigenvalue weighted by Gasteiger charge is -2.07. The molecule has 0 fully saturated rings. The second-order valence-electron chi connectivity index (χ2n) is 7.76. The molecule has 3 aromatic carbocycles. The molecule has 2 heterocycles. The molecule has 0 bridgehead atoms. The van der Waals surface area contributed by atoms with E-state index in [-0.39, 0.29) is 11.7 Å². The molecule has 0 radical (unpaired) electrons. The SMILES string of the molecule is Cn1c(SCC(=O)Nc2ccc3nc(SCc4ccccc4)sc3c2)nnc1-c1ccc(Cl)cc1Cl. The summed E-state index contributed by atoms with van der Waals surface area (Å²) in [6.07, 6.45) is 0. The summed E-state index contributed by atoms with van der Waals surface area (Å²) in [4.78, 5) is 17.3. The van der Waals surface area contributed by atoms with Crippen LogP contribution in [-0.2, 0) is 17.6 Å². The lowest BCUT2D eigenvalue weighted by molar-refractivity contribution is -0.113. The highest BCUT2D eigenvalue weighted by Gasteiger charge is 2.16. The molecule has 5 aromatic rings. The Kier molecular flexibility index (Phi) is 7.83. The normalized spacial score (nSPS) is 11.2. The van der Waals surface area contributed by atoms with Crippen molar-refractivity contribution in [3.05, 3.63) is 82.3 Å².